The first-order valence-electron chi connectivity index (χ1n) is 8.24. The van der Waals surface area contributed by atoms with Gasteiger partial charge in [-0.05, 0) is 25.3 Å². The van der Waals surface area contributed by atoms with Gasteiger partial charge in [-0.3, -0.25) is 4.79 Å². The summed E-state index contributed by atoms with van der Waals surface area (Å²) >= 11 is 2.93. The molecule has 0 aliphatic heterocycles. The number of benzene rings is 1. The Labute approximate surface area is 150 Å². The Balaban J connectivity index is 1.48. The van der Waals surface area contributed by atoms with Gasteiger partial charge in [-0.25, -0.2) is 0 Å². The summed E-state index contributed by atoms with van der Waals surface area (Å²) in [6.45, 7) is 3.56. The van der Waals surface area contributed by atoms with Crippen LogP contribution in [0.3, 0.4) is 0 Å². The lowest BCUT2D eigenvalue weighted by Crippen LogP contribution is -2.46. The molecular weight excluding hydrogens is 340 g/mol. The van der Waals surface area contributed by atoms with Gasteiger partial charge < -0.3 is 10.6 Å². The maximum Gasteiger partial charge on any atom is 0.230 e. The molecule has 1 aromatic heterocycles. The lowest BCUT2D eigenvalue weighted by Gasteiger charge is -2.42. The lowest BCUT2D eigenvalue weighted by atomic mass is 9.64. The molecule has 24 heavy (non-hydrogen) atoms. The number of carbonyl (C=O) groups excluding carboxylic acids is 1. The summed E-state index contributed by atoms with van der Waals surface area (Å²) in [4.78, 5) is 12.2. The third kappa shape index (κ3) is 4.08. The zero-order chi connectivity index (χ0) is 16.8. The zero-order valence-electron chi connectivity index (χ0n) is 13.7. The second kappa shape index (κ2) is 7.98. The molecule has 1 saturated carbocycles. The van der Waals surface area contributed by atoms with Gasteiger partial charge in [0.15, 0.2) is 4.34 Å². The molecule has 1 aliphatic rings. The van der Waals surface area contributed by atoms with E-state index in [0.717, 1.165) is 35.4 Å². The van der Waals surface area contributed by atoms with E-state index in [2.05, 4.69) is 45.1 Å². The molecule has 0 bridgehead atoms. The SMILES string of the molecule is CCNc1nnc(SCC(=O)NCC2(c3ccccc3)CCC2)s1. The van der Waals surface area contributed by atoms with Crippen LogP contribution in [0.1, 0.15) is 31.7 Å². The summed E-state index contributed by atoms with van der Waals surface area (Å²) in [5.41, 5.74) is 1.46. The lowest BCUT2D eigenvalue weighted by molar-refractivity contribution is -0.119. The molecule has 1 heterocycles. The number of carbonyl (C=O) groups is 1. The quantitative estimate of drug-likeness (QED) is 0.705. The van der Waals surface area contributed by atoms with Gasteiger partial charge in [0.2, 0.25) is 11.0 Å². The van der Waals surface area contributed by atoms with Crippen molar-refractivity contribution < 1.29 is 4.79 Å². The van der Waals surface area contributed by atoms with E-state index in [1.807, 2.05) is 13.0 Å². The van der Waals surface area contributed by atoms with Crippen LogP contribution in [0.5, 0.6) is 0 Å². The van der Waals surface area contributed by atoms with E-state index < -0.39 is 0 Å². The largest absolute Gasteiger partial charge is 0.360 e. The highest BCUT2D eigenvalue weighted by atomic mass is 32.2. The molecule has 5 nitrogen and oxygen atoms in total. The van der Waals surface area contributed by atoms with Crippen molar-refractivity contribution in [2.24, 2.45) is 0 Å². The topological polar surface area (TPSA) is 66.9 Å². The predicted molar refractivity (Wildman–Crippen MR) is 99.8 cm³/mol. The molecule has 7 heteroatoms. The molecule has 0 saturated heterocycles. The Morgan fingerprint density at radius 2 is 2.08 bits per heavy atom. The molecule has 0 atom stereocenters. The molecule has 2 N–H and O–H groups in total. The van der Waals surface area contributed by atoms with Crippen molar-refractivity contribution in [1.82, 2.24) is 15.5 Å². The smallest absolute Gasteiger partial charge is 0.230 e. The number of aromatic nitrogens is 2. The second-order valence-corrected chi connectivity index (χ2v) is 8.17. The highest BCUT2D eigenvalue weighted by Crippen LogP contribution is 2.43. The van der Waals surface area contributed by atoms with Gasteiger partial charge in [-0.15, -0.1) is 10.2 Å². The highest BCUT2D eigenvalue weighted by molar-refractivity contribution is 8.01. The van der Waals surface area contributed by atoms with E-state index in [0.29, 0.717) is 5.75 Å². The third-order valence-electron chi connectivity index (χ3n) is 4.38. The van der Waals surface area contributed by atoms with Gasteiger partial charge in [0.05, 0.1) is 5.75 Å². The fraction of sp³-hybridized carbons (Fsp3) is 0.471. The average molecular weight is 363 g/mol. The first-order chi connectivity index (χ1) is 11.7. The molecular formula is C17H22N4OS2. The molecule has 3 rings (SSSR count). The Bertz CT molecular complexity index is 670. The average Bonchev–Trinajstić information content (AvgIpc) is 3.01. The summed E-state index contributed by atoms with van der Waals surface area (Å²) in [6.07, 6.45) is 3.53. The summed E-state index contributed by atoms with van der Waals surface area (Å²) < 4.78 is 0.822. The van der Waals surface area contributed by atoms with E-state index in [4.69, 9.17) is 0 Å². The van der Waals surface area contributed by atoms with Crippen molar-refractivity contribution in [2.75, 3.05) is 24.2 Å². The summed E-state index contributed by atoms with van der Waals surface area (Å²) in [6, 6.07) is 10.5. The van der Waals surface area contributed by atoms with E-state index in [-0.39, 0.29) is 11.3 Å². The van der Waals surface area contributed by atoms with Crippen LogP contribution in [0, 0.1) is 0 Å². The molecule has 0 radical (unpaired) electrons. The molecule has 1 amide bonds. The van der Waals surface area contributed by atoms with Crippen LogP contribution < -0.4 is 10.6 Å². The van der Waals surface area contributed by atoms with Crippen molar-refractivity contribution in [3.05, 3.63) is 35.9 Å². The first kappa shape index (κ1) is 17.2. The Morgan fingerprint density at radius 3 is 2.75 bits per heavy atom. The molecule has 128 valence electrons. The van der Waals surface area contributed by atoms with E-state index in [1.54, 1.807) is 0 Å². The zero-order valence-corrected chi connectivity index (χ0v) is 15.4. The van der Waals surface area contributed by atoms with Gasteiger partial charge in [0, 0.05) is 18.5 Å². The normalized spacial score (nSPS) is 15.5. The predicted octanol–water partition coefficient (Wildman–Crippen LogP) is 3.30. The Morgan fingerprint density at radius 1 is 1.29 bits per heavy atom. The van der Waals surface area contributed by atoms with Crippen molar-refractivity contribution in [3.63, 3.8) is 0 Å². The fourth-order valence-electron chi connectivity index (χ4n) is 2.90. The number of hydrogen-bond donors (Lipinski definition) is 2. The molecule has 0 spiro atoms. The Hall–Kier alpha value is -1.60. The molecule has 1 fully saturated rings. The van der Waals surface area contributed by atoms with Gasteiger partial charge in [0.1, 0.15) is 0 Å². The van der Waals surface area contributed by atoms with Crippen LogP contribution in [0.25, 0.3) is 0 Å². The number of nitrogens with one attached hydrogen (secondary N) is 2. The number of nitrogens with zero attached hydrogens (tertiary/aromatic N) is 2. The van der Waals surface area contributed by atoms with Crippen molar-refractivity contribution in [2.45, 2.75) is 35.9 Å². The number of hydrogen-bond acceptors (Lipinski definition) is 6. The van der Waals surface area contributed by atoms with Gasteiger partial charge >= 0.3 is 0 Å². The maximum atomic E-state index is 12.2. The molecule has 1 aliphatic carbocycles. The Kier molecular flexibility index (Phi) is 5.73. The van der Waals surface area contributed by atoms with Gasteiger partial charge in [0.25, 0.3) is 0 Å². The van der Waals surface area contributed by atoms with Crippen LogP contribution in [0.15, 0.2) is 34.7 Å². The third-order valence-corrected chi connectivity index (χ3v) is 6.40. The van der Waals surface area contributed by atoms with E-state index in [1.165, 1.54) is 35.1 Å². The minimum atomic E-state index is 0.0578. The van der Waals surface area contributed by atoms with Crippen molar-refractivity contribution >= 4 is 34.1 Å². The minimum absolute atomic E-state index is 0.0578. The van der Waals surface area contributed by atoms with Crippen LogP contribution in [-0.2, 0) is 10.2 Å². The first-order valence-corrected chi connectivity index (χ1v) is 10.0. The molecule has 0 unspecified atom stereocenters. The van der Waals surface area contributed by atoms with Crippen molar-refractivity contribution in [3.8, 4) is 0 Å². The minimum Gasteiger partial charge on any atom is -0.360 e. The van der Waals surface area contributed by atoms with Crippen LogP contribution in [0.2, 0.25) is 0 Å². The maximum absolute atomic E-state index is 12.2. The van der Waals surface area contributed by atoms with Crippen LogP contribution in [-0.4, -0.2) is 34.9 Å². The summed E-state index contributed by atoms with van der Waals surface area (Å²) in [5, 5.41) is 15.2. The number of amides is 1. The van der Waals surface area contributed by atoms with Crippen molar-refractivity contribution in [1.29, 1.82) is 0 Å². The van der Waals surface area contributed by atoms with E-state index in [9.17, 15) is 4.79 Å². The number of rotatable bonds is 8. The molecule has 1 aromatic carbocycles. The van der Waals surface area contributed by atoms with E-state index >= 15 is 0 Å². The fourth-order valence-corrected chi connectivity index (χ4v) is 4.55. The van der Waals surface area contributed by atoms with Gasteiger partial charge in [-0.2, -0.15) is 0 Å². The molecule has 2 aromatic rings. The van der Waals surface area contributed by atoms with Crippen LogP contribution >= 0.6 is 23.1 Å². The van der Waals surface area contributed by atoms with Gasteiger partial charge in [-0.1, -0.05) is 59.9 Å². The summed E-state index contributed by atoms with van der Waals surface area (Å²) in [5.74, 6) is 0.438. The monoisotopic (exact) mass is 362 g/mol. The second-order valence-electron chi connectivity index (χ2n) is 5.97. The number of thioether (sulfide) groups is 1. The van der Waals surface area contributed by atoms with Crippen LogP contribution in [0.4, 0.5) is 5.13 Å². The number of anilines is 1. The standard InChI is InChI=1S/C17H22N4OS2/c1-2-18-15-20-21-16(24-15)23-11-14(22)19-12-17(9-6-10-17)13-7-4-3-5-8-13/h3-5,7-8H,2,6,9-12H2,1H3,(H,18,20)(H,19,22). The summed E-state index contributed by atoms with van der Waals surface area (Å²) in [7, 11) is 0. The highest BCUT2D eigenvalue weighted by Gasteiger charge is 2.38.